The summed E-state index contributed by atoms with van der Waals surface area (Å²) < 4.78 is 18.4. The molecule has 2 aromatic rings. The Morgan fingerprint density at radius 1 is 1.12 bits per heavy atom. The van der Waals surface area contributed by atoms with Gasteiger partial charge in [0, 0.05) is 38.2 Å². The van der Waals surface area contributed by atoms with E-state index in [2.05, 4.69) is 0 Å². The number of hydrogen-bond acceptors (Lipinski definition) is 4. The number of carbonyl (C=O) groups is 2. The molecule has 5 nitrogen and oxygen atoms in total. The third kappa shape index (κ3) is 6.81. The van der Waals surface area contributed by atoms with E-state index in [9.17, 15) is 14.0 Å². The fraction of sp³-hybridized carbons (Fsp3) is 0.440. The summed E-state index contributed by atoms with van der Waals surface area (Å²) in [6.45, 7) is 1.40. The van der Waals surface area contributed by atoms with Crippen LogP contribution in [-0.2, 0) is 20.7 Å². The van der Waals surface area contributed by atoms with Crippen molar-refractivity contribution in [3.8, 4) is 0 Å². The van der Waals surface area contributed by atoms with Gasteiger partial charge in [-0.25, -0.2) is 4.39 Å². The molecule has 1 saturated heterocycles. The maximum absolute atomic E-state index is 13.3. The molecule has 0 aliphatic carbocycles. The van der Waals surface area contributed by atoms with Crippen molar-refractivity contribution >= 4 is 23.6 Å². The van der Waals surface area contributed by atoms with Crippen LogP contribution in [0.25, 0.3) is 0 Å². The van der Waals surface area contributed by atoms with Gasteiger partial charge in [-0.15, -0.1) is 11.8 Å². The number of methoxy groups -OCH3 is 1. The van der Waals surface area contributed by atoms with E-state index in [4.69, 9.17) is 4.74 Å². The first-order valence-electron chi connectivity index (χ1n) is 10.9. The molecule has 0 aromatic heterocycles. The molecule has 0 N–H and O–H groups in total. The van der Waals surface area contributed by atoms with Crippen molar-refractivity contribution in [2.24, 2.45) is 5.92 Å². The Balaban J connectivity index is 1.60. The molecule has 0 spiro atoms. The van der Waals surface area contributed by atoms with Crippen molar-refractivity contribution in [2.45, 2.75) is 30.2 Å². The van der Waals surface area contributed by atoms with Crippen molar-refractivity contribution in [2.75, 3.05) is 39.6 Å². The number of likely N-dealkylation sites (N-methyl/N-ethyl adjacent to an activating group) is 1. The molecular formula is C25H31FN2O3S. The number of piperidine rings is 1. The molecule has 32 heavy (non-hydrogen) atoms. The Morgan fingerprint density at radius 2 is 1.78 bits per heavy atom. The molecule has 0 bridgehead atoms. The molecule has 2 amide bonds. The van der Waals surface area contributed by atoms with Crippen LogP contribution in [0, 0.1) is 11.7 Å². The quantitative estimate of drug-likeness (QED) is 0.536. The fourth-order valence-corrected chi connectivity index (χ4v) is 5.00. The highest BCUT2D eigenvalue weighted by Crippen LogP contribution is 2.27. The summed E-state index contributed by atoms with van der Waals surface area (Å²) >= 11 is 1.56. The standard InChI is InChI=1S/C25H31FN2O3S/c1-27(24(29)17-31-2)23(16-19-8-10-21(26)11-9-19)20-12-14-28(15-13-20)25(30)18-32-22-6-4-3-5-7-22/h3-11,20,23H,12-18H2,1-2H3/t23-/m1/s1. The molecule has 1 fully saturated rings. The zero-order valence-electron chi connectivity index (χ0n) is 18.7. The summed E-state index contributed by atoms with van der Waals surface area (Å²) in [5.74, 6) is 0.500. The lowest BCUT2D eigenvalue weighted by Gasteiger charge is -2.40. The lowest BCUT2D eigenvalue weighted by molar-refractivity contribution is -0.138. The van der Waals surface area contributed by atoms with Crippen LogP contribution in [0.1, 0.15) is 18.4 Å². The highest BCUT2D eigenvalue weighted by molar-refractivity contribution is 8.00. The van der Waals surface area contributed by atoms with E-state index in [-0.39, 0.29) is 36.2 Å². The van der Waals surface area contributed by atoms with Gasteiger partial charge in [0.05, 0.1) is 5.75 Å². The van der Waals surface area contributed by atoms with Crippen LogP contribution in [0.4, 0.5) is 4.39 Å². The zero-order chi connectivity index (χ0) is 22.9. The second-order valence-electron chi connectivity index (χ2n) is 8.16. The predicted molar refractivity (Wildman–Crippen MR) is 125 cm³/mol. The monoisotopic (exact) mass is 458 g/mol. The van der Waals surface area contributed by atoms with Gasteiger partial charge in [0.15, 0.2) is 0 Å². The molecule has 0 unspecified atom stereocenters. The average molecular weight is 459 g/mol. The van der Waals surface area contributed by atoms with E-state index in [1.165, 1.54) is 19.2 Å². The summed E-state index contributed by atoms with van der Waals surface area (Å²) in [5.41, 5.74) is 0.992. The minimum atomic E-state index is -0.269. The SMILES string of the molecule is COCC(=O)N(C)[C@H](Cc1ccc(F)cc1)C1CCN(C(=O)CSc2ccccc2)CC1. The highest BCUT2D eigenvalue weighted by Gasteiger charge is 2.32. The minimum Gasteiger partial charge on any atom is -0.375 e. The summed E-state index contributed by atoms with van der Waals surface area (Å²) in [4.78, 5) is 30.0. The maximum atomic E-state index is 13.3. The Hall–Kier alpha value is -2.38. The van der Waals surface area contributed by atoms with Crippen molar-refractivity contribution in [3.05, 3.63) is 66.0 Å². The van der Waals surface area contributed by atoms with Crippen LogP contribution in [0.2, 0.25) is 0 Å². The summed E-state index contributed by atoms with van der Waals surface area (Å²) in [6, 6.07) is 16.4. The summed E-state index contributed by atoms with van der Waals surface area (Å²) in [7, 11) is 3.32. The first-order chi connectivity index (χ1) is 15.5. The number of likely N-dealkylation sites (tertiary alicyclic amines) is 1. The Morgan fingerprint density at radius 3 is 2.41 bits per heavy atom. The van der Waals surface area contributed by atoms with E-state index in [0.717, 1.165) is 23.3 Å². The van der Waals surface area contributed by atoms with E-state index in [0.29, 0.717) is 25.3 Å². The first-order valence-corrected chi connectivity index (χ1v) is 11.9. The van der Waals surface area contributed by atoms with Crippen molar-refractivity contribution in [1.82, 2.24) is 9.80 Å². The number of rotatable bonds is 9. The third-order valence-electron chi connectivity index (χ3n) is 6.06. The van der Waals surface area contributed by atoms with Crippen molar-refractivity contribution < 1.29 is 18.7 Å². The van der Waals surface area contributed by atoms with Gasteiger partial charge in [-0.05, 0) is 55.0 Å². The molecule has 1 aliphatic rings. The molecule has 7 heteroatoms. The van der Waals surface area contributed by atoms with Crippen LogP contribution in [0.5, 0.6) is 0 Å². The smallest absolute Gasteiger partial charge is 0.248 e. The van der Waals surface area contributed by atoms with Gasteiger partial charge < -0.3 is 14.5 Å². The number of benzene rings is 2. The Kier molecular flexibility index (Phi) is 9.11. The summed E-state index contributed by atoms with van der Waals surface area (Å²) in [5, 5.41) is 0. The molecule has 3 rings (SSSR count). The van der Waals surface area contributed by atoms with Crippen LogP contribution < -0.4 is 0 Å². The van der Waals surface area contributed by atoms with Gasteiger partial charge in [0.2, 0.25) is 11.8 Å². The van der Waals surface area contributed by atoms with Crippen LogP contribution in [-0.4, -0.2) is 67.3 Å². The number of thioether (sulfide) groups is 1. The highest BCUT2D eigenvalue weighted by atomic mass is 32.2. The minimum absolute atomic E-state index is 0.0287. The van der Waals surface area contributed by atoms with Gasteiger partial charge in [0.25, 0.3) is 0 Å². The second kappa shape index (κ2) is 12.0. The van der Waals surface area contributed by atoms with Crippen LogP contribution in [0.15, 0.2) is 59.5 Å². The van der Waals surface area contributed by atoms with Gasteiger partial charge in [-0.2, -0.15) is 0 Å². The average Bonchev–Trinajstić information content (AvgIpc) is 2.82. The summed E-state index contributed by atoms with van der Waals surface area (Å²) in [6.07, 6.45) is 2.31. The normalized spacial score (nSPS) is 15.4. The first kappa shape index (κ1) is 24.3. The van der Waals surface area contributed by atoms with Gasteiger partial charge >= 0.3 is 0 Å². The van der Waals surface area contributed by atoms with E-state index in [1.54, 1.807) is 28.8 Å². The Bertz CT molecular complexity index is 871. The molecule has 172 valence electrons. The topological polar surface area (TPSA) is 49.9 Å². The van der Waals surface area contributed by atoms with E-state index in [1.807, 2.05) is 42.3 Å². The molecule has 2 aromatic carbocycles. The molecule has 0 saturated carbocycles. The molecular weight excluding hydrogens is 427 g/mol. The molecule has 1 aliphatic heterocycles. The van der Waals surface area contributed by atoms with Gasteiger partial charge in [-0.3, -0.25) is 9.59 Å². The number of halogens is 1. The van der Waals surface area contributed by atoms with E-state index >= 15 is 0 Å². The van der Waals surface area contributed by atoms with Crippen molar-refractivity contribution in [3.63, 3.8) is 0 Å². The number of carbonyl (C=O) groups excluding carboxylic acids is 2. The number of nitrogens with zero attached hydrogens (tertiary/aromatic N) is 2. The van der Waals surface area contributed by atoms with Gasteiger partial charge in [0.1, 0.15) is 12.4 Å². The largest absolute Gasteiger partial charge is 0.375 e. The third-order valence-corrected chi connectivity index (χ3v) is 7.06. The van der Waals surface area contributed by atoms with Crippen LogP contribution >= 0.6 is 11.8 Å². The predicted octanol–water partition coefficient (Wildman–Crippen LogP) is 3.87. The van der Waals surface area contributed by atoms with Gasteiger partial charge in [-0.1, -0.05) is 30.3 Å². The molecule has 1 atom stereocenters. The zero-order valence-corrected chi connectivity index (χ0v) is 19.5. The maximum Gasteiger partial charge on any atom is 0.248 e. The lowest BCUT2D eigenvalue weighted by Crippen LogP contribution is -2.49. The molecule has 0 radical (unpaired) electrons. The number of ether oxygens (including phenoxy) is 1. The lowest BCUT2D eigenvalue weighted by atomic mass is 9.85. The number of hydrogen-bond donors (Lipinski definition) is 0. The Labute approximate surface area is 193 Å². The van der Waals surface area contributed by atoms with Crippen molar-refractivity contribution in [1.29, 1.82) is 0 Å². The van der Waals surface area contributed by atoms with Crippen LogP contribution in [0.3, 0.4) is 0 Å². The molecule has 1 heterocycles. The second-order valence-corrected chi connectivity index (χ2v) is 9.20. The fourth-order valence-electron chi connectivity index (χ4n) is 4.18. The van der Waals surface area contributed by atoms with E-state index < -0.39 is 0 Å². The number of amides is 2.